The average molecular weight is 1180 g/mol. The fraction of sp³-hybridized carbons (Fsp3) is 0.781. The van der Waals surface area contributed by atoms with Crippen molar-refractivity contribution in [3.8, 4) is 0 Å². The molecule has 0 aliphatic rings. The minimum atomic E-state index is -4.46. The number of quaternary nitrogens is 1. The molecule has 0 radical (unpaired) electrons. The normalized spacial score (nSPS) is 14.1. The Labute approximate surface area is 514 Å². The Kier molecular flexibility index (Phi) is 60.1. The quantitative estimate of drug-likeness (QED) is 0.0205. The summed E-state index contributed by atoms with van der Waals surface area (Å²) in [6.07, 6.45) is 83.2. The van der Waals surface area contributed by atoms with Gasteiger partial charge in [-0.15, -0.1) is 0 Å². The molecule has 9 nitrogen and oxygen atoms in total. The second-order valence-corrected chi connectivity index (χ2v) is 26.1. The van der Waals surface area contributed by atoms with Crippen LogP contribution < -0.4 is 5.32 Å². The highest BCUT2D eigenvalue weighted by molar-refractivity contribution is 7.47. The molecule has 10 heteroatoms. The minimum absolute atomic E-state index is 0.0313. The summed E-state index contributed by atoms with van der Waals surface area (Å²) >= 11 is 0. The van der Waals surface area contributed by atoms with E-state index < -0.39 is 20.0 Å². The van der Waals surface area contributed by atoms with E-state index in [0.29, 0.717) is 23.9 Å². The third-order valence-corrected chi connectivity index (χ3v) is 16.3. The number of phosphoric acid groups is 1. The van der Waals surface area contributed by atoms with Gasteiger partial charge in [0.1, 0.15) is 19.3 Å². The summed E-state index contributed by atoms with van der Waals surface area (Å²) in [7, 11) is 1.47. The second kappa shape index (κ2) is 62.2. The summed E-state index contributed by atoms with van der Waals surface area (Å²) in [5.41, 5.74) is 0. The summed E-state index contributed by atoms with van der Waals surface area (Å²) in [6.45, 7) is 6.90. The number of amides is 1. The first kappa shape index (κ1) is 80.2. The van der Waals surface area contributed by atoms with Crippen LogP contribution in [0.2, 0.25) is 0 Å². The first-order chi connectivity index (χ1) is 40.4. The number of nitrogens with one attached hydrogen (secondary N) is 1. The van der Waals surface area contributed by atoms with Crippen molar-refractivity contribution >= 4 is 19.7 Å². The highest BCUT2D eigenvalue weighted by Gasteiger charge is 2.30. The smallest absolute Gasteiger partial charge is 0.456 e. The molecule has 0 saturated carbocycles. The van der Waals surface area contributed by atoms with Crippen LogP contribution in [0.5, 0.6) is 0 Å². The molecule has 0 fully saturated rings. The lowest BCUT2D eigenvalue weighted by Crippen LogP contribution is -2.47. The zero-order chi connectivity index (χ0) is 60.7. The summed E-state index contributed by atoms with van der Waals surface area (Å²) in [5, 5.41) is 3.06. The molecule has 0 bridgehead atoms. The molecule has 0 aromatic rings. The number of hydrogen-bond acceptors (Lipinski definition) is 6. The number of allylic oxidation sites excluding steroid dienone is 13. The van der Waals surface area contributed by atoms with Crippen LogP contribution in [0, 0.1) is 0 Å². The molecule has 0 rings (SSSR count). The topological polar surface area (TPSA) is 111 Å². The number of carbonyl (C=O) groups excluding carboxylic acids is 2. The number of likely N-dealkylation sites (N-methyl/N-ethyl adjacent to an activating group) is 1. The molecule has 1 amide bonds. The number of carbonyl (C=O) groups is 2. The van der Waals surface area contributed by atoms with Gasteiger partial charge in [0, 0.05) is 12.8 Å². The molecule has 0 saturated heterocycles. The third kappa shape index (κ3) is 63.5. The maximum atomic E-state index is 13.6. The lowest BCUT2D eigenvalue weighted by molar-refractivity contribution is -0.870. The predicted octanol–water partition coefficient (Wildman–Crippen LogP) is 22.1. The largest absolute Gasteiger partial charge is 0.472 e. The van der Waals surface area contributed by atoms with E-state index in [1.807, 2.05) is 33.3 Å². The maximum absolute atomic E-state index is 13.6. The molecule has 482 valence electrons. The van der Waals surface area contributed by atoms with Crippen LogP contribution in [0.4, 0.5) is 0 Å². The second-order valence-electron chi connectivity index (χ2n) is 24.7. The van der Waals surface area contributed by atoms with Gasteiger partial charge in [0.25, 0.3) is 0 Å². The molecule has 0 aromatic heterocycles. The van der Waals surface area contributed by atoms with E-state index in [1.54, 1.807) is 0 Å². The molecule has 2 N–H and O–H groups in total. The molecule has 0 aliphatic heterocycles. The van der Waals surface area contributed by atoms with Crippen LogP contribution in [0.15, 0.2) is 85.1 Å². The van der Waals surface area contributed by atoms with Gasteiger partial charge in [0.2, 0.25) is 5.91 Å². The monoisotopic (exact) mass is 1180 g/mol. The van der Waals surface area contributed by atoms with Crippen molar-refractivity contribution in [1.29, 1.82) is 0 Å². The number of ether oxygens (including phenoxy) is 1. The first-order valence-electron chi connectivity index (χ1n) is 34.9. The van der Waals surface area contributed by atoms with Gasteiger partial charge in [-0.25, -0.2) is 4.57 Å². The van der Waals surface area contributed by atoms with Crippen molar-refractivity contribution in [2.75, 3.05) is 40.9 Å². The number of nitrogens with zero attached hydrogens (tertiary/aromatic N) is 1. The molecule has 3 atom stereocenters. The van der Waals surface area contributed by atoms with Gasteiger partial charge in [-0.3, -0.25) is 18.6 Å². The molecule has 3 unspecified atom stereocenters. The van der Waals surface area contributed by atoms with E-state index in [1.165, 1.54) is 186 Å². The van der Waals surface area contributed by atoms with Gasteiger partial charge in [-0.05, 0) is 83.1 Å². The van der Waals surface area contributed by atoms with Crippen molar-refractivity contribution in [1.82, 2.24) is 5.32 Å². The van der Waals surface area contributed by atoms with Crippen molar-refractivity contribution in [3.63, 3.8) is 0 Å². The Balaban J connectivity index is 5.09. The zero-order valence-corrected chi connectivity index (χ0v) is 56.1. The standard InChI is InChI=1S/C73H133N2O7P/c1-7-10-13-16-19-22-25-27-29-31-33-35-36-37-38-40-41-43-45-47-50-53-56-59-62-65-72(76)74-70(69-81-83(78,79)80-68-67-75(4,5)6)71(64-61-58-55-52-49-24-21-18-15-12-9-3)82-73(77)66-63-60-57-54-51-48-46-44-42-39-34-32-30-28-26-23-20-17-14-11-8-2/h11,14,20,23,28,30,34,39,44,46,51,54,61,64,70-71H,7-10,12-13,15-19,21-22,24-27,29,31-33,35-38,40-43,45,47-50,52-53,55-60,62-63,65-69H2,1-6H3,(H-,74,76,78,79)/p+1/b14-11-,23-20-,30-28-,39-34-,46-44-,54-51-,64-61+. The van der Waals surface area contributed by atoms with Crippen molar-refractivity contribution in [2.24, 2.45) is 0 Å². The van der Waals surface area contributed by atoms with E-state index in [2.05, 4.69) is 99.0 Å². The number of rotatable bonds is 63. The van der Waals surface area contributed by atoms with Gasteiger partial charge in [-0.2, -0.15) is 0 Å². The average Bonchev–Trinajstić information content (AvgIpc) is 3.51. The van der Waals surface area contributed by atoms with E-state index in [9.17, 15) is 19.0 Å². The van der Waals surface area contributed by atoms with Gasteiger partial charge in [0.15, 0.2) is 0 Å². The van der Waals surface area contributed by atoms with Crippen LogP contribution in [0.3, 0.4) is 0 Å². The van der Waals surface area contributed by atoms with E-state index >= 15 is 0 Å². The number of esters is 1. The summed E-state index contributed by atoms with van der Waals surface area (Å²) in [4.78, 5) is 37.8. The van der Waals surface area contributed by atoms with Crippen LogP contribution >= 0.6 is 7.82 Å². The third-order valence-electron chi connectivity index (χ3n) is 15.3. The Bertz CT molecular complexity index is 1700. The Hall–Kier alpha value is -2.81. The van der Waals surface area contributed by atoms with Gasteiger partial charge >= 0.3 is 13.8 Å². The SMILES string of the molecule is CC/C=C\C/C=C\C/C=C\C/C=C\C/C=C\C/C=C\CCCCC(=O)OC(/C=C/CCCCCCCCCCC)C(COP(=O)(O)OCC[N+](C)(C)C)NC(=O)CCCCCCCCCCCCCCCCCCCCCCCCCCC. The van der Waals surface area contributed by atoms with Crippen LogP contribution in [0.25, 0.3) is 0 Å². The fourth-order valence-electron chi connectivity index (χ4n) is 10.0. The maximum Gasteiger partial charge on any atom is 0.472 e. The molecule has 0 aliphatic carbocycles. The van der Waals surface area contributed by atoms with Gasteiger partial charge in [0.05, 0.1) is 33.8 Å². The van der Waals surface area contributed by atoms with Gasteiger partial charge < -0.3 is 19.4 Å². The van der Waals surface area contributed by atoms with E-state index in [4.69, 9.17) is 13.8 Å². The Morgan fingerprint density at radius 2 is 0.771 bits per heavy atom. The van der Waals surface area contributed by atoms with Gasteiger partial charge in [-0.1, -0.05) is 305 Å². The van der Waals surface area contributed by atoms with Crippen LogP contribution in [0.1, 0.15) is 316 Å². The van der Waals surface area contributed by atoms with Crippen molar-refractivity contribution < 1.29 is 37.3 Å². The molecule has 0 aromatic carbocycles. The van der Waals surface area contributed by atoms with Crippen molar-refractivity contribution in [3.05, 3.63) is 85.1 Å². The lowest BCUT2D eigenvalue weighted by Gasteiger charge is -2.27. The zero-order valence-electron chi connectivity index (χ0n) is 55.2. The van der Waals surface area contributed by atoms with E-state index in [-0.39, 0.29) is 31.5 Å². The number of phosphoric ester groups is 1. The number of unbranched alkanes of at least 4 members (excludes halogenated alkanes) is 35. The van der Waals surface area contributed by atoms with Crippen molar-refractivity contribution in [2.45, 2.75) is 328 Å². The Morgan fingerprint density at radius 1 is 0.434 bits per heavy atom. The fourth-order valence-corrected chi connectivity index (χ4v) is 10.7. The summed E-state index contributed by atoms with van der Waals surface area (Å²) in [6, 6.07) is -0.869. The van der Waals surface area contributed by atoms with E-state index in [0.717, 1.165) is 89.9 Å². The minimum Gasteiger partial charge on any atom is -0.456 e. The predicted molar refractivity (Wildman–Crippen MR) is 360 cm³/mol. The van der Waals surface area contributed by atoms with Crippen LogP contribution in [-0.2, 0) is 27.9 Å². The number of hydrogen-bond donors (Lipinski definition) is 2. The first-order valence-corrected chi connectivity index (χ1v) is 36.4. The highest BCUT2D eigenvalue weighted by Crippen LogP contribution is 2.43. The lowest BCUT2D eigenvalue weighted by atomic mass is 10.0. The molecular formula is C73H134N2O7P+. The highest BCUT2D eigenvalue weighted by atomic mass is 31.2. The molecular weight excluding hydrogens is 1050 g/mol. The Morgan fingerprint density at radius 3 is 1.17 bits per heavy atom. The summed E-state index contributed by atoms with van der Waals surface area (Å²) in [5.74, 6) is -0.549. The molecule has 0 heterocycles. The van der Waals surface area contributed by atoms with Crippen LogP contribution in [-0.4, -0.2) is 74.3 Å². The molecule has 83 heavy (non-hydrogen) atoms. The molecule has 0 spiro atoms. The summed E-state index contributed by atoms with van der Waals surface area (Å²) < 4.78 is 30.7.